The summed E-state index contributed by atoms with van der Waals surface area (Å²) in [7, 11) is 0. The van der Waals surface area contributed by atoms with E-state index in [9.17, 15) is 10.1 Å². The van der Waals surface area contributed by atoms with Crippen LogP contribution in [0.2, 0.25) is 0 Å². The molecular formula is C16H20N6OS2. The Labute approximate surface area is 154 Å². The molecule has 1 saturated carbocycles. The van der Waals surface area contributed by atoms with Crippen molar-refractivity contribution in [3.05, 3.63) is 22.4 Å². The quantitative estimate of drug-likeness (QED) is 0.779. The molecule has 1 atom stereocenters. The van der Waals surface area contributed by atoms with Gasteiger partial charge in [0.25, 0.3) is 0 Å². The van der Waals surface area contributed by atoms with Crippen LogP contribution in [0.25, 0.3) is 0 Å². The zero-order valence-corrected chi connectivity index (χ0v) is 15.6. The molecule has 7 nitrogen and oxygen atoms in total. The number of aromatic nitrogens is 4. The fraction of sp³-hybridized carbons (Fsp3) is 0.562. The fourth-order valence-electron chi connectivity index (χ4n) is 2.90. The number of thiophene rings is 1. The third-order valence-corrected chi connectivity index (χ3v) is 6.25. The summed E-state index contributed by atoms with van der Waals surface area (Å²) in [4.78, 5) is 13.7. The highest BCUT2D eigenvalue weighted by Gasteiger charge is 2.35. The summed E-state index contributed by atoms with van der Waals surface area (Å²) in [6.07, 6.45) is 4.54. The monoisotopic (exact) mass is 376 g/mol. The molecule has 0 bridgehead atoms. The second kappa shape index (κ2) is 7.97. The van der Waals surface area contributed by atoms with Gasteiger partial charge in [-0.25, -0.2) is 4.68 Å². The Hall–Kier alpha value is -1.92. The van der Waals surface area contributed by atoms with Crippen molar-refractivity contribution in [1.82, 2.24) is 25.5 Å². The van der Waals surface area contributed by atoms with Gasteiger partial charge in [0.1, 0.15) is 5.54 Å². The first-order valence-electron chi connectivity index (χ1n) is 8.30. The number of tetrazole rings is 1. The van der Waals surface area contributed by atoms with E-state index in [1.54, 1.807) is 16.0 Å². The van der Waals surface area contributed by atoms with E-state index in [0.717, 1.165) is 37.0 Å². The van der Waals surface area contributed by atoms with Crippen molar-refractivity contribution >= 4 is 29.0 Å². The van der Waals surface area contributed by atoms with E-state index in [1.807, 2.05) is 24.4 Å². The number of nitrogens with one attached hydrogen (secondary N) is 1. The molecule has 0 saturated heterocycles. The second-order valence-electron chi connectivity index (χ2n) is 6.20. The molecule has 25 heavy (non-hydrogen) atoms. The lowest BCUT2D eigenvalue weighted by Gasteiger charge is -2.32. The molecule has 2 aromatic rings. The predicted molar refractivity (Wildman–Crippen MR) is 96.1 cm³/mol. The van der Waals surface area contributed by atoms with Crippen molar-refractivity contribution < 1.29 is 4.79 Å². The highest BCUT2D eigenvalue weighted by molar-refractivity contribution is 8.00. The molecule has 1 aliphatic carbocycles. The summed E-state index contributed by atoms with van der Waals surface area (Å²) in [6, 6.07) is 6.33. The number of hydrogen-bond donors (Lipinski definition) is 1. The number of rotatable bonds is 6. The van der Waals surface area contributed by atoms with E-state index < -0.39 is 5.54 Å². The summed E-state index contributed by atoms with van der Waals surface area (Å²) in [5, 5.41) is 26.5. The Morgan fingerprint density at radius 3 is 3.00 bits per heavy atom. The van der Waals surface area contributed by atoms with E-state index in [2.05, 4.69) is 26.9 Å². The van der Waals surface area contributed by atoms with Gasteiger partial charge in [-0.15, -0.1) is 16.4 Å². The minimum atomic E-state index is -0.715. The Balaban J connectivity index is 1.62. The van der Waals surface area contributed by atoms with Crippen LogP contribution < -0.4 is 5.32 Å². The Kier molecular flexibility index (Phi) is 5.71. The Morgan fingerprint density at radius 2 is 2.32 bits per heavy atom. The van der Waals surface area contributed by atoms with Gasteiger partial charge in [-0.2, -0.15) is 5.26 Å². The first-order chi connectivity index (χ1) is 12.1. The predicted octanol–water partition coefficient (Wildman–Crippen LogP) is 2.61. The van der Waals surface area contributed by atoms with Crippen LogP contribution in [-0.4, -0.2) is 36.9 Å². The van der Waals surface area contributed by atoms with E-state index in [1.165, 1.54) is 11.8 Å². The van der Waals surface area contributed by atoms with Crippen molar-refractivity contribution in [2.24, 2.45) is 0 Å². The fourth-order valence-corrected chi connectivity index (χ4v) is 4.37. The summed E-state index contributed by atoms with van der Waals surface area (Å²) in [6.45, 7) is 2.40. The average molecular weight is 377 g/mol. The van der Waals surface area contributed by atoms with Crippen LogP contribution in [0, 0.1) is 11.3 Å². The van der Waals surface area contributed by atoms with E-state index in [0.29, 0.717) is 11.7 Å². The van der Waals surface area contributed by atoms with Crippen LogP contribution in [0.3, 0.4) is 0 Å². The Morgan fingerprint density at radius 1 is 1.52 bits per heavy atom. The summed E-state index contributed by atoms with van der Waals surface area (Å²) < 4.78 is 1.70. The maximum Gasteiger partial charge on any atom is 0.234 e. The van der Waals surface area contributed by atoms with Gasteiger partial charge in [-0.3, -0.25) is 4.79 Å². The average Bonchev–Trinajstić information content (AvgIpc) is 3.28. The van der Waals surface area contributed by atoms with Crippen molar-refractivity contribution in [2.75, 3.05) is 0 Å². The number of nitrogens with zero attached hydrogens (tertiary/aromatic N) is 5. The maximum atomic E-state index is 12.6. The van der Waals surface area contributed by atoms with E-state index in [-0.39, 0.29) is 11.2 Å². The van der Waals surface area contributed by atoms with E-state index in [4.69, 9.17) is 0 Å². The lowest BCUT2D eigenvalue weighted by molar-refractivity contribution is -0.121. The van der Waals surface area contributed by atoms with Gasteiger partial charge in [0.15, 0.2) is 0 Å². The molecule has 0 aromatic carbocycles. The third-order valence-electron chi connectivity index (χ3n) is 4.32. The molecule has 1 N–H and O–H groups in total. The molecule has 0 radical (unpaired) electrons. The lowest BCUT2D eigenvalue weighted by Crippen LogP contribution is -2.51. The van der Waals surface area contributed by atoms with Crippen LogP contribution >= 0.6 is 23.1 Å². The third kappa shape index (κ3) is 4.38. The van der Waals surface area contributed by atoms with Gasteiger partial charge >= 0.3 is 0 Å². The minimum Gasteiger partial charge on any atom is -0.337 e. The van der Waals surface area contributed by atoms with Gasteiger partial charge in [-0.1, -0.05) is 37.1 Å². The van der Waals surface area contributed by atoms with Crippen LogP contribution in [0.5, 0.6) is 0 Å². The lowest BCUT2D eigenvalue weighted by atomic mass is 9.83. The van der Waals surface area contributed by atoms with Crippen LogP contribution in [0.1, 0.15) is 43.9 Å². The Bertz CT molecular complexity index is 745. The highest BCUT2D eigenvalue weighted by atomic mass is 32.2. The zero-order chi connectivity index (χ0) is 17.7. The number of carbonyl (C=O) groups excluding carboxylic acids is 1. The molecule has 0 aliphatic heterocycles. The first kappa shape index (κ1) is 17.9. The molecule has 3 rings (SSSR count). The smallest absolute Gasteiger partial charge is 0.234 e. The topological polar surface area (TPSA) is 96.5 Å². The molecule has 132 valence electrons. The number of hydrogen-bond acceptors (Lipinski definition) is 7. The molecule has 1 amide bonds. The first-order valence-corrected chi connectivity index (χ1v) is 10.1. The number of nitriles is 1. The maximum absolute atomic E-state index is 12.6. The molecule has 2 heterocycles. The van der Waals surface area contributed by atoms with Crippen LogP contribution in [0.4, 0.5) is 0 Å². The van der Waals surface area contributed by atoms with Gasteiger partial charge in [0, 0.05) is 4.88 Å². The van der Waals surface area contributed by atoms with Crippen molar-refractivity contribution in [3.63, 3.8) is 0 Å². The summed E-state index contributed by atoms with van der Waals surface area (Å²) >= 11 is 2.95. The molecule has 0 unspecified atom stereocenters. The largest absolute Gasteiger partial charge is 0.337 e. The highest BCUT2D eigenvalue weighted by Crippen LogP contribution is 2.29. The number of amides is 1. The molecule has 2 aromatic heterocycles. The minimum absolute atomic E-state index is 0.140. The molecule has 9 heteroatoms. The van der Waals surface area contributed by atoms with Gasteiger partial charge < -0.3 is 5.32 Å². The van der Waals surface area contributed by atoms with Crippen molar-refractivity contribution in [1.29, 1.82) is 5.26 Å². The summed E-state index contributed by atoms with van der Waals surface area (Å²) in [5.41, 5.74) is -0.715. The SMILES string of the molecule is C[C@@H](Sc1nnnn1Cc1cccs1)C(=O)NC1(C#N)CCCCC1. The molecule has 1 fully saturated rings. The zero-order valence-electron chi connectivity index (χ0n) is 14.0. The van der Waals surface area contributed by atoms with Gasteiger partial charge in [0.2, 0.25) is 11.1 Å². The van der Waals surface area contributed by atoms with Gasteiger partial charge in [-0.05, 0) is 41.6 Å². The van der Waals surface area contributed by atoms with Crippen molar-refractivity contribution in [3.8, 4) is 6.07 Å². The summed E-state index contributed by atoms with van der Waals surface area (Å²) in [5.74, 6) is -0.140. The second-order valence-corrected chi connectivity index (χ2v) is 8.54. The molecule has 0 spiro atoms. The van der Waals surface area contributed by atoms with Crippen LogP contribution in [0.15, 0.2) is 22.7 Å². The van der Waals surface area contributed by atoms with E-state index >= 15 is 0 Å². The standard InChI is InChI=1S/C16H20N6OS2/c1-12(14(23)18-16(11-17)7-3-2-4-8-16)25-15-19-20-21-22(15)10-13-6-5-9-24-13/h5-6,9,12H,2-4,7-8,10H2,1H3,(H,18,23)/t12-/m1/s1. The molecule has 1 aliphatic rings. The number of carbonyl (C=O) groups is 1. The molecular weight excluding hydrogens is 356 g/mol. The number of thioether (sulfide) groups is 1. The van der Waals surface area contributed by atoms with Crippen molar-refractivity contribution in [2.45, 2.75) is 61.5 Å². The van der Waals surface area contributed by atoms with Crippen LogP contribution in [-0.2, 0) is 11.3 Å². The van der Waals surface area contributed by atoms with Gasteiger partial charge in [0.05, 0.1) is 17.9 Å². The normalized spacial score (nSPS) is 17.6.